The summed E-state index contributed by atoms with van der Waals surface area (Å²) < 4.78 is 13.2. The average Bonchev–Trinajstić information content (AvgIpc) is 2.70. The van der Waals surface area contributed by atoms with Crippen molar-refractivity contribution in [2.45, 2.75) is 32.2 Å². The summed E-state index contributed by atoms with van der Waals surface area (Å²) in [6.45, 7) is 1.75. The van der Waals surface area contributed by atoms with Gasteiger partial charge in [0.2, 0.25) is 5.91 Å². The van der Waals surface area contributed by atoms with E-state index in [1.165, 1.54) is 0 Å². The van der Waals surface area contributed by atoms with Crippen molar-refractivity contribution >= 4 is 17.6 Å². The number of aromatic carboxylic acids is 1. The summed E-state index contributed by atoms with van der Waals surface area (Å²) in [5.41, 5.74) is 5.01. The van der Waals surface area contributed by atoms with Crippen LogP contribution in [0.2, 0.25) is 0 Å². The number of hydrogen-bond donors (Lipinski definition) is 3. The number of anilines is 1. The maximum atomic E-state index is 13.2. The first kappa shape index (κ1) is 14.5. The van der Waals surface area contributed by atoms with Crippen molar-refractivity contribution in [1.82, 2.24) is 0 Å². The minimum atomic E-state index is -1.22. The quantitative estimate of drug-likeness (QED) is 0.789. The summed E-state index contributed by atoms with van der Waals surface area (Å²) in [6, 6.07) is 2.90. The van der Waals surface area contributed by atoms with Crippen LogP contribution >= 0.6 is 0 Å². The highest BCUT2D eigenvalue weighted by atomic mass is 19.1. The van der Waals surface area contributed by atoms with E-state index in [4.69, 9.17) is 10.8 Å². The van der Waals surface area contributed by atoms with E-state index in [2.05, 4.69) is 5.32 Å². The molecule has 5 nitrogen and oxygen atoms in total. The van der Waals surface area contributed by atoms with Crippen LogP contribution in [-0.4, -0.2) is 23.0 Å². The third-order valence-corrected chi connectivity index (χ3v) is 4.01. The third-order valence-electron chi connectivity index (χ3n) is 4.01. The van der Waals surface area contributed by atoms with Crippen LogP contribution in [0.3, 0.4) is 0 Å². The highest BCUT2D eigenvalue weighted by Crippen LogP contribution is 2.38. The molecule has 6 heteroatoms. The Hall–Kier alpha value is -1.95. The lowest BCUT2D eigenvalue weighted by Gasteiger charge is -2.27. The lowest BCUT2D eigenvalue weighted by Crippen LogP contribution is -2.44. The Labute approximate surface area is 116 Å². The predicted molar refractivity (Wildman–Crippen MR) is 71.9 cm³/mol. The molecule has 2 unspecified atom stereocenters. The van der Waals surface area contributed by atoms with E-state index in [0.717, 1.165) is 31.0 Å². The Kier molecular flexibility index (Phi) is 3.76. The molecule has 1 aromatic rings. The summed E-state index contributed by atoms with van der Waals surface area (Å²) in [4.78, 5) is 23.4. The molecule has 1 aliphatic carbocycles. The Morgan fingerprint density at radius 1 is 1.50 bits per heavy atom. The summed E-state index contributed by atoms with van der Waals surface area (Å²) in [5, 5.41) is 11.6. The molecule has 0 aliphatic heterocycles. The Morgan fingerprint density at radius 3 is 2.75 bits per heavy atom. The summed E-state index contributed by atoms with van der Waals surface area (Å²) >= 11 is 0. The minimum Gasteiger partial charge on any atom is -0.478 e. The molecule has 0 heterocycles. The first-order chi connectivity index (χ1) is 9.34. The standard InChI is InChI=1S/C14H17FN2O3/c1-14(6-2-3-11(14)16)13(20)17-10-7-8(15)4-5-9(10)12(18)19/h4-5,7,11H,2-3,6,16H2,1H3,(H,17,20)(H,18,19). The number of hydrogen-bond acceptors (Lipinski definition) is 3. The van der Waals surface area contributed by atoms with E-state index >= 15 is 0 Å². The van der Waals surface area contributed by atoms with Crippen LogP contribution in [0.25, 0.3) is 0 Å². The molecule has 108 valence electrons. The van der Waals surface area contributed by atoms with Crippen molar-refractivity contribution < 1.29 is 19.1 Å². The number of nitrogens with two attached hydrogens (primary N) is 1. The second-order valence-corrected chi connectivity index (χ2v) is 5.37. The number of carboxylic acids is 1. The molecule has 4 N–H and O–H groups in total. The van der Waals surface area contributed by atoms with Gasteiger partial charge in [-0.2, -0.15) is 0 Å². The molecule has 1 aromatic carbocycles. The molecule has 0 aromatic heterocycles. The number of halogens is 1. The van der Waals surface area contributed by atoms with Crippen LogP contribution in [0.5, 0.6) is 0 Å². The number of nitrogens with one attached hydrogen (secondary N) is 1. The van der Waals surface area contributed by atoms with Gasteiger partial charge in [0.05, 0.1) is 16.7 Å². The molecule has 0 radical (unpaired) electrons. The Morgan fingerprint density at radius 2 is 2.20 bits per heavy atom. The van der Waals surface area contributed by atoms with Gasteiger partial charge in [-0.25, -0.2) is 9.18 Å². The lowest BCUT2D eigenvalue weighted by molar-refractivity contribution is -0.125. The van der Waals surface area contributed by atoms with Crippen LogP contribution < -0.4 is 11.1 Å². The highest BCUT2D eigenvalue weighted by Gasteiger charge is 2.43. The van der Waals surface area contributed by atoms with E-state index < -0.39 is 17.2 Å². The van der Waals surface area contributed by atoms with Crippen molar-refractivity contribution in [2.24, 2.45) is 11.1 Å². The number of carbonyl (C=O) groups is 2. The van der Waals surface area contributed by atoms with Crippen LogP contribution in [-0.2, 0) is 4.79 Å². The van der Waals surface area contributed by atoms with Gasteiger partial charge in [0, 0.05) is 6.04 Å². The van der Waals surface area contributed by atoms with E-state index in [0.29, 0.717) is 6.42 Å². The fourth-order valence-electron chi connectivity index (χ4n) is 2.55. The number of carbonyl (C=O) groups excluding carboxylic acids is 1. The molecule has 1 amide bonds. The van der Waals surface area contributed by atoms with Crippen molar-refractivity contribution in [3.63, 3.8) is 0 Å². The second-order valence-electron chi connectivity index (χ2n) is 5.37. The van der Waals surface area contributed by atoms with Crippen molar-refractivity contribution in [1.29, 1.82) is 0 Å². The summed E-state index contributed by atoms with van der Waals surface area (Å²) in [6.07, 6.45) is 2.23. The minimum absolute atomic E-state index is 0.0391. The normalized spacial score (nSPS) is 25.4. The van der Waals surface area contributed by atoms with Crippen LogP contribution in [0, 0.1) is 11.2 Å². The smallest absolute Gasteiger partial charge is 0.337 e. The molecule has 1 aliphatic rings. The predicted octanol–water partition coefficient (Wildman–Crippen LogP) is 1.98. The van der Waals surface area contributed by atoms with Crippen molar-refractivity contribution in [2.75, 3.05) is 5.32 Å². The molecule has 2 rings (SSSR count). The Balaban J connectivity index is 2.28. The fourth-order valence-corrected chi connectivity index (χ4v) is 2.55. The number of rotatable bonds is 3. The van der Waals surface area contributed by atoms with Crippen LogP contribution in [0.15, 0.2) is 18.2 Å². The van der Waals surface area contributed by atoms with Gasteiger partial charge in [-0.1, -0.05) is 6.42 Å². The molecule has 1 saturated carbocycles. The largest absolute Gasteiger partial charge is 0.478 e. The average molecular weight is 280 g/mol. The van der Waals surface area contributed by atoms with Gasteiger partial charge in [0.25, 0.3) is 0 Å². The first-order valence-corrected chi connectivity index (χ1v) is 6.44. The molecule has 0 spiro atoms. The zero-order valence-corrected chi connectivity index (χ0v) is 11.1. The second kappa shape index (κ2) is 5.20. The number of carboxylic acid groups (broad SMARTS) is 1. The number of benzene rings is 1. The van der Waals surface area contributed by atoms with Crippen LogP contribution in [0.4, 0.5) is 10.1 Å². The molecule has 0 bridgehead atoms. The summed E-state index contributed by atoms with van der Waals surface area (Å²) in [5.74, 6) is -2.19. The summed E-state index contributed by atoms with van der Waals surface area (Å²) in [7, 11) is 0. The molecule has 2 atom stereocenters. The Bertz CT molecular complexity index is 561. The van der Waals surface area contributed by atoms with E-state index in [9.17, 15) is 14.0 Å². The lowest BCUT2D eigenvalue weighted by atomic mass is 9.84. The van der Waals surface area contributed by atoms with Gasteiger partial charge < -0.3 is 16.2 Å². The fraction of sp³-hybridized carbons (Fsp3) is 0.429. The topological polar surface area (TPSA) is 92.4 Å². The monoisotopic (exact) mass is 280 g/mol. The maximum Gasteiger partial charge on any atom is 0.337 e. The van der Waals surface area contributed by atoms with Gasteiger partial charge in [-0.15, -0.1) is 0 Å². The first-order valence-electron chi connectivity index (χ1n) is 6.44. The molecular formula is C14H17FN2O3. The zero-order chi connectivity index (χ0) is 14.9. The van der Waals surface area contributed by atoms with Gasteiger partial charge >= 0.3 is 5.97 Å². The van der Waals surface area contributed by atoms with Gasteiger partial charge in [0.1, 0.15) is 5.82 Å². The van der Waals surface area contributed by atoms with E-state index in [-0.39, 0.29) is 23.2 Å². The molecule has 1 fully saturated rings. The zero-order valence-electron chi connectivity index (χ0n) is 11.1. The van der Waals surface area contributed by atoms with Gasteiger partial charge in [-0.05, 0) is 38.0 Å². The third kappa shape index (κ3) is 2.51. The molecule has 0 saturated heterocycles. The van der Waals surface area contributed by atoms with E-state index in [1.54, 1.807) is 6.92 Å². The molecular weight excluding hydrogens is 263 g/mol. The highest BCUT2D eigenvalue weighted by molar-refractivity contribution is 6.02. The number of amides is 1. The maximum absolute atomic E-state index is 13.2. The van der Waals surface area contributed by atoms with Crippen molar-refractivity contribution in [3.05, 3.63) is 29.6 Å². The SMILES string of the molecule is CC1(C(=O)Nc2cc(F)ccc2C(=O)O)CCCC1N. The molecule has 20 heavy (non-hydrogen) atoms. The van der Waals surface area contributed by atoms with Gasteiger partial charge in [-0.3, -0.25) is 4.79 Å². The van der Waals surface area contributed by atoms with Crippen LogP contribution in [0.1, 0.15) is 36.5 Å². The van der Waals surface area contributed by atoms with E-state index in [1.807, 2.05) is 0 Å². The van der Waals surface area contributed by atoms with Gasteiger partial charge in [0.15, 0.2) is 0 Å². The van der Waals surface area contributed by atoms with Crippen molar-refractivity contribution in [3.8, 4) is 0 Å².